The van der Waals surface area contributed by atoms with Gasteiger partial charge in [0, 0.05) is 5.92 Å². The fourth-order valence-corrected chi connectivity index (χ4v) is 1.27. The zero-order valence-corrected chi connectivity index (χ0v) is 8.07. The maximum Gasteiger partial charge on any atom is 0.306 e. The van der Waals surface area contributed by atoms with Gasteiger partial charge in [-0.25, -0.2) is 0 Å². The number of hydrogen-bond donors (Lipinski definition) is 0. The molecule has 14 heavy (non-hydrogen) atoms. The fraction of sp³-hybridized carbons (Fsp3) is 0.364. The Balaban J connectivity index is 2.68. The van der Waals surface area contributed by atoms with Crippen molar-refractivity contribution < 1.29 is 13.9 Å². The molecule has 0 N–H and O–H groups in total. The minimum atomic E-state index is -0.543. The Morgan fingerprint density at radius 1 is 1.43 bits per heavy atom. The molecule has 0 saturated carbocycles. The molecule has 1 aromatic rings. The van der Waals surface area contributed by atoms with Crippen LogP contribution in [0.5, 0.6) is 0 Å². The Bertz CT molecular complexity index is 285. The van der Waals surface area contributed by atoms with Crippen LogP contribution < -0.4 is 0 Å². The molecular formula is C11H13FO2. The Morgan fingerprint density at radius 3 is 2.57 bits per heavy atom. The topological polar surface area (TPSA) is 26.3 Å². The lowest BCUT2D eigenvalue weighted by atomic mass is 9.97. The molecular weight excluding hydrogens is 183 g/mol. The van der Waals surface area contributed by atoms with Crippen LogP contribution in [0.25, 0.3) is 0 Å². The van der Waals surface area contributed by atoms with Gasteiger partial charge in [0.05, 0.1) is 20.2 Å². The third-order valence-corrected chi connectivity index (χ3v) is 2.10. The average Bonchev–Trinajstić information content (AvgIpc) is 2.26. The Hall–Kier alpha value is -1.38. The lowest BCUT2D eigenvalue weighted by Gasteiger charge is -2.11. The van der Waals surface area contributed by atoms with Crippen molar-refractivity contribution in [1.82, 2.24) is 0 Å². The molecule has 0 saturated heterocycles. The normalized spacial score (nSPS) is 12.1. The number of carbonyl (C=O) groups excluding carboxylic acids is 1. The number of halogens is 1. The van der Waals surface area contributed by atoms with Crippen LogP contribution in [-0.4, -0.2) is 19.8 Å². The van der Waals surface area contributed by atoms with E-state index in [-0.39, 0.29) is 18.3 Å². The molecule has 0 aliphatic heterocycles. The molecule has 76 valence electrons. The van der Waals surface area contributed by atoms with Crippen LogP contribution >= 0.6 is 0 Å². The lowest BCUT2D eigenvalue weighted by Crippen LogP contribution is -2.10. The highest BCUT2D eigenvalue weighted by atomic mass is 19.1. The molecule has 0 heterocycles. The van der Waals surface area contributed by atoms with Gasteiger partial charge in [-0.15, -0.1) is 0 Å². The largest absolute Gasteiger partial charge is 0.469 e. The van der Waals surface area contributed by atoms with Crippen molar-refractivity contribution in [3.8, 4) is 0 Å². The highest BCUT2D eigenvalue weighted by Gasteiger charge is 2.15. The first-order chi connectivity index (χ1) is 6.77. The minimum absolute atomic E-state index is 0.0943. The molecule has 2 nitrogen and oxygen atoms in total. The second-order valence-corrected chi connectivity index (χ2v) is 3.04. The first kappa shape index (κ1) is 10.7. The van der Waals surface area contributed by atoms with Crippen LogP contribution in [-0.2, 0) is 9.53 Å². The van der Waals surface area contributed by atoms with Gasteiger partial charge in [0.25, 0.3) is 0 Å². The van der Waals surface area contributed by atoms with E-state index in [0.29, 0.717) is 0 Å². The monoisotopic (exact) mass is 196 g/mol. The van der Waals surface area contributed by atoms with Crippen molar-refractivity contribution in [2.75, 3.05) is 13.8 Å². The van der Waals surface area contributed by atoms with Crippen LogP contribution in [0.3, 0.4) is 0 Å². The van der Waals surface area contributed by atoms with Gasteiger partial charge in [-0.1, -0.05) is 30.3 Å². The summed E-state index contributed by atoms with van der Waals surface area (Å²) in [7, 11) is 1.31. The molecule has 0 amide bonds. The zero-order chi connectivity index (χ0) is 10.4. The van der Waals surface area contributed by atoms with Gasteiger partial charge in [-0.3, -0.25) is 9.18 Å². The number of rotatable bonds is 4. The van der Waals surface area contributed by atoms with Gasteiger partial charge in [-0.2, -0.15) is 0 Å². The highest BCUT2D eigenvalue weighted by Crippen LogP contribution is 2.20. The van der Waals surface area contributed by atoms with Crippen molar-refractivity contribution in [3.05, 3.63) is 35.9 Å². The summed E-state index contributed by atoms with van der Waals surface area (Å²) < 4.78 is 17.1. The number of alkyl halides is 1. The standard InChI is InChI=1S/C11H13FO2/c1-14-11(13)7-10(8-12)9-5-3-2-4-6-9/h2-6,10H,7-8H2,1H3/t10-/m0/s1. The molecule has 0 spiro atoms. The maximum atomic E-state index is 12.6. The maximum absolute atomic E-state index is 12.6. The van der Waals surface area contributed by atoms with Crippen molar-refractivity contribution in [3.63, 3.8) is 0 Å². The Labute approximate surface area is 82.7 Å². The van der Waals surface area contributed by atoms with E-state index in [1.54, 1.807) is 0 Å². The van der Waals surface area contributed by atoms with Crippen molar-refractivity contribution in [1.29, 1.82) is 0 Å². The van der Waals surface area contributed by atoms with Gasteiger partial charge in [0.15, 0.2) is 0 Å². The molecule has 0 aromatic heterocycles. The van der Waals surface area contributed by atoms with E-state index < -0.39 is 6.67 Å². The quantitative estimate of drug-likeness (QED) is 0.691. The summed E-state index contributed by atoms with van der Waals surface area (Å²) in [6, 6.07) is 9.14. The Kier molecular flexibility index (Phi) is 4.11. The number of esters is 1. The van der Waals surface area contributed by atoms with Gasteiger partial charge >= 0.3 is 5.97 Å². The Morgan fingerprint density at radius 2 is 2.07 bits per heavy atom. The van der Waals surface area contributed by atoms with E-state index in [9.17, 15) is 9.18 Å². The predicted molar refractivity (Wildman–Crippen MR) is 51.8 cm³/mol. The zero-order valence-electron chi connectivity index (χ0n) is 8.07. The fourth-order valence-electron chi connectivity index (χ4n) is 1.27. The second kappa shape index (κ2) is 5.37. The lowest BCUT2D eigenvalue weighted by molar-refractivity contribution is -0.141. The molecule has 0 fully saturated rings. The van der Waals surface area contributed by atoms with E-state index in [1.165, 1.54) is 7.11 Å². The molecule has 0 aliphatic carbocycles. The summed E-state index contributed by atoms with van der Waals surface area (Å²) in [6.07, 6.45) is 0.0943. The third kappa shape index (κ3) is 2.83. The summed E-state index contributed by atoms with van der Waals surface area (Å²) in [6.45, 7) is -0.543. The summed E-state index contributed by atoms with van der Waals surface area (Å²) in [5, 5.41) is 0. The van der Waals surface area contributed by atoms with E-state index >= 15 is 0 Å². The summed E-state index contributed by atoms with van der Waals surface area (Å²) in [5.41, 5.74) is 0.834. The average molecular weight is 196 g/mol. The van der Waals surface area contributed by atoms with Crippen molar-refractivity contribution >= 4 is 5.97 Å². The summed E-state index contributed by atoms with van der Waals surface area (Å²) >= 11 is 0. The van der Waals surface area contributed by atoms with E-state index in [0.717, 1.165) is 5.56 Å². The number of carbonyl (C=O) groups is 1. The third-order valence-electron chi connectivity index (χ3n) is 2.10. The molecule has 1 aromatic carbocycles. The molecule has 1 atom stereocenters. The van der Waals surface area contributed by atoms with Crippen LogP contribution in [0.15, 0.2) is 30.3 Å². The minimum Gasteiger partial charge on any atom is -0.469 e. The van der Waals surface area contributed by atoms with Gasteiger partial charge in [0.2, 0.25) is 0 Å². The summed E-state index contributed by atoms with van der Waals surface area (Å²) in [5.74, 6) is -0.764. The van der Waals surface area contributed by atoms with E-state index in [4.69, 9.17) is 0 Å². The van der Waals surface area contributed by atoms with E-state index in [1.807, 2.05) is 30.3 Å². The van der Waals surface area contributed by atoms with Crippen LogP contribution in [0.4, 0.5) is 4.39 Å². The molecule has 3 heteroatoms. The predicted octanol–water partition coefficient (Wildman–Crippen LogP) is 2.30. The van der Waals surface area contributed by atoms with Crippen LogP contribution in [0, 0.1) is 0 Å². The second-order valence-electron chi connectivity index (χ2n) is 3.04. The summed E-state index contributed by atoms with van der Waals surface area (Å²) in [4.78, 5) is 11.0. The SMILES string of the molecule is COC(=O)C[C@@H](CF)c1ccccc1. The first-order valence-electron chi connectivity index (χ1n) is 4.45. The number of ether oxygens (including phenoxy) is 1. The number of benzene rings is 1. The van der Waals surface area contributed by atoms with Crippen LogP contribution in [0.1, 0.15) is 17.9 Å². The first-order valence-corrected chi connectivity index (χ1v) is 4.45. The van der Waals surface area contributed by atoms with Crippen molar-refractivity contribution in [2.24, 2.45) is 0 Å². The van der Waals surface area contributed by atoms with Crippen LogP contribution in [0.2, 0.25) is 0 Å². The smallest absolute Gasteiger partial charge is 0.306 e. The number of hydrogen-bond acceptors (Lipinski definition) is 2. The molecule has 0 bridgehead atoms. The van der Waals surface area contributed by atoms with Gasteiger partial charge in [-0.05, 0) is 5.56 Å². The molecule has 0 unspecified atom stereocenters. The van der Waals surface area contributed by atoms with E-state index in [2.05, 4.69) is 4.74 Å². The van der Waals surface area contributed by atoms with Gasteiger partial charge < -0.3 is 4.74 Å². The molecule has 0 aliphatic rings. The van der Waals surface area contributed by atoms with Crippen molar-refractivity contribution in [2.45, 2.75) is 12.3 Å². The van der Waals surface area contributed by atoms with Gasteiger partial charge in [0.1, 0.15) is 0 Å². The molecule has 0 radical (unpaired) electrons. The number of methoxy groups -OCH3 is 1. The highest BCUT2D eigenvalue weighted by molar-refractivity contribution is 5.70. The molecule has 1 rings (SSSR count).